The van der Waals surface area contributed by atoms with Crippen LogP contribution in [0.25, 0.3) is 0 Å². The molecule has 3 aromatic heterocycles. The molecule has 9 aliphatic rings. The molecule has 9 heterocycles. The van der Waals surface area contributed by atoms with E-state index in [-0.39, 0.29) is 32.9 Å². The minimum atomic E-state index is -0.636. The molecule has 0 radical (unpaired) electrons. The zero-order valence-electron chi connectivity index (χ0n) is 80.2. The van der Waals surface area contributed by atoms with Crippen LogP contribution in [0.1, 0.15) is 183 Å². The third-order valence-electron chi connectivity index (χ3n) is 26.4. The molecule has 29 nitrogen and oxygen atoms in total. The van der Waals surface area contributed by atoms with Crippen LogP contribution in [0, 0.1) is 26.0 Å². The molecule has 21 rings (SSSR count). The molecule has 31 heteroatoms. The number of primary amides is 3. The largest absolute Gasteiger partial charge is 0.399 e. The number of anilines is 14. The molecule has 3 aliphatic carbocycles. The number of nitro groups is 2. The maximum Gasteiger partial charge on any atom is 0.272 e. The van der Waals surface area contributed by atoms with Gasteiger partial charge in [0.25, 0.3) is 29.1 Å². The Morgan fingerprint density at radius 3 is 0.965 bits per heavy atom. The summed E-state index contributed by atoms with van der Waals surface area (Å²) in [5, 5.41) is 45.0. The molecule has 141 heavy (non-hydrogen) atoms. The van der Waals surface area contributed by atoms with Gasteiger partial charge in [-0.15, -0.1) is 0 Å². The van der Waals surface area contributed by atoms with Crippen LogP contribution in [0.15, 0.2) is 273 Å². The number of piperidine rings is 5. The van der Waals surface area contributed by atoms with Crippen molar-refractivity contribution in [1.82, 2.24) is 25.6 Å². The monoisotopic (exact) mass is 1930 g/mol. The predicted octanol–water partition coefficient (Wildman–Crippen LogP) is 21.0. The van der Waals surface area contributed by atoms with Crippen LogP contribution >= 0.6 is 11.6 Å². The lowest BCUT2D eigenvalue weighted by Crippen LogP contribution is -2.43. The number of carbonyl (C=O) groups is 3. The summed E-state index contributed by atoms with van der Waals surface area (Å²) in [6, 6.07) is 80.8. The van der Waals surface area contributed by atoms with E-state index >= 15 is 0 Å². The van der Waals surface area contributed by atoms with Gasteiger partial charge in [0, 0.05) is 179 Å². The number of pyridine rings is 3. The fourth-order valence-electron chi connectivity index (χ4n) is 18.3. The summed E-state index contributed by atoms with van der Waals surface area (Å²) in [4.78, 5) is 79.9. The van der Waals surface area contributed by atoms with Crippen molar-refractivity contribution in [2.75, 3.05) is 154 Å². The number of nitrogen functional groups attached to an aromatic ring is 2. The Kier molecular flexibility index (Phi) is 36.9. The zero-order valence-corrected chi connectivity index (χ0v) is 81.0. The molecule has 738 valence electrons. The summed E-state index contributed by atoms with van der Waals surface area (Å²) in [5.41, 5.74) is 44.1. The average Bonchev–Trinajstić information content (AvgIpc) is 1.62. The van der Waals surface area contributed by atoms with Gasteiger partial charge in [0.2, 0.25) is 0 Å². The van der Waals surface area contributed by atoms with Gasteiger partial charge in [0.15, 0.2) is 0 Å². The minimum absolute atomic E-state index is 0.129. The number of amides is 3. The molecule has 0 unspecified atom stereocenters. The van der Waals surface area contributed by atoms with E-state index in [1.165, 1.54) is 199 Å². The van der Waals surface area contributed by atoms with Crippen molar-refractivity contribution in [3.63, 3.8) is 0 Å². The van der Waals surface area contributed by atoms with E-state index in [4.69, 9.17) is 40.3 Å². The fourth-order valence-corrected chi connectivity index (χ4v) is 18.4. The highest BCUT2D eigenvalue weighted by atomic mass is 35.5. The summed E-state index contributed by atoms with van der Waals surface area (Å²) in [5.74, 6) is -0.732. The number of rotatable bonds is 23. The zero-order chi connectivity index (χ0) is 98.8. The van der Waals surface area contributed by atoms with Crippen LogP contribution in [0.5, 0.6) is 0 Å². The number of piperazine rings is 1. The minimum Gasteiger partial charge on any atom is -0.399 e. The summed E-state index contributed by atoms with van der Waals surface area (Å²) in [6.45, 7) is 15.4. The van der Waals surface area contributed by atoms with Crippen molar-refractivity contribution in [1.29, 1.82) is 0 Å². The Morgan fingerprint density at radius 1 is 0.340 bits per heavy atom. The van der Waals surface area contributed by atoms with Crippen molar-refractivity contribution in [3.8, 4) is 0 Å². The van der Waals surface area contributed by atoms with Crippen LogP contribution < -0.4 is 90.4 Å². The summed E-state index contributed by atoms with van der Waals surface area (Å²) in [6.07, 6.45) is 30.2. The van der Waals surface area contributed by atoms with Crippen molar-refractivity contribution in [2.24, 2.45) is 17.2 Å². The van der Waals surface area contributed by atoms with Gasteiger partial charge in [0.1, 0.15) is 22.6 Å². The Balaban J connectivity index is 0.000000134. The second-order valence-corrected chi connectivity index (χ2v) is 37.3. The lowest BCUT2D eigenvalue weighted by Gasteiger charge is -2.29. The number of hydrogen-bond donors (Lipinski definition) is 12. The van der Waals surface area contributed by atoms with E-state index in [1.54, 1.807) is 30.6 Å². The first-order valence-electron chi connectivity index (χ1n) is 49.4. The Hall–Kier alpha value is -14.6. The quantitative estimate of drug-likeness (QED) is 0.0122. The van der Waals surface area contributed by atoms with Gasteiger partial charge in [-0.2, -0.15) is 0 Å². The normalized spacial score (nSPS) is 16.5. The first kappa shape index (κ1) is 102. The second kappa shape index (κ2) is 50.8. The standard InChI is InChI=1S/C26H29N5O.C25H28N6O.C15H14ClN3O.C11H14N2O2.2C11H16N2.C6H4FNO2.C5H11N/c27-25(32)22-18-28-24(17-23(22)30-26(12-13-26)19-8-3-1-4-9-19)29-20-10-7-11-21(16-20)31-14-5-2-6-15-31;26-24(32)21-17-28-23(16-22(21)30-25(9-10-25)18-5-2-1-3-6-18)29-19-7-4-8-20(15-19)31-13-11-27-12-14-31;16-13-8-12(11(9-18-13)14(17)20)19-15(6-7-15)10-4-2-1-3-5-10;14-13(15)11-6-4-5-10(9-11)12-7-2-1-3-8-12;2*12-10-5-4-6-11(9-10)13-7-2-1-3-8-13;7-5-2-1-3-6(4-5)8(9)10;1-2-4-6-5-3-1/h1,3-4,7-11,16-18H,2,5-6,12-15H2,(H2,27,32)(H2,28,29,30);1-8,15-17,27H,9-14H2,(H2,26,32)(H2,28,29,30);1-5,8-9H,6-7H2,(H2,17,20)(H,18,19);4-6,9H,1-3,7-8H2;2*4-6,9H,1-3,7-8,12H2;1-4H;6H,1-5H2. The number of hydrogen-bond acceptors (Lipinski definition) is 24. The van der Waals surface area contributed by atoms with Crippen molar-refractivity contribution in [2.45, 2.75) is 151 Å². The van der Waals surface area contributed by atoms with Gasteiger partial charge in [-0.3, -0.25) is 34.6 Å². The van der Waals surface area contributed by atoms with Gasteiger partial charge in [-0.25, -0.2) is 19.3 Å². The second-order valence-electron chi connectivity index (χ2n) is 36.9. The molecule has 12 aromatic rings. The van der Waals surface area contributed by atoms with Crippen molar-refractivity contribution in [3.05, 3.63) is 338 Å². The molecular weight excluding hydrogens is 1800 g/mol. The number of aromatic nitrogens is 3. The number of nitrogens with two attached hydrogens (primary N) is 5. The maximum absolute atomic E-state index is 12.2. The number of nitrogens with one attached hydrogen (secondary N) is 7. The molecule has 9 aromatic carbocycles. The van der Waals surface area contributed by atoms with Crippen LogP contribution in [-0.4, -0.2) is 134 Å². The van der Waals surface area contributed by atoms with Crippen LogP contribution in [0.3, 0.4) is 0 Å². The molecule has 9 fully saturated rings. The average molecular weight is 1930 g/mol. The highest BCUT2D eigenvalue weighted by molar-refractivity contribution is 6.29. The summed E-state index contributed by atoms with van der Waals surface area (Å²) >= 11 is 5.91. The molecule has 6 aliphatic heterocycles. The number of non-ortho nitro benzene ring substituents is 2. The van der Waals surface area contributed by atoms with Crippen molar-refractivity contribution >= 4 is 121 Å². The van der Waals surface area contributed by atoms with Crippen LogP contribution in [0.4, 0.5) is 95.6 Å². The van der Waals surface area contributed by atoms with Gasteiger partial charge in [-0.1, -0.05) is 145 Å². The van der Waals surface area contributed by atoms with E-state index in [1.807, 2.05) is 115 Å². The molecule has 6 saturated heterocycles. The first-order chi connectivity index (χ1) is 68.6. The first-order valence-corrected chi connectivity index (χ1v) is 49.8. The topological polar surface area (TPSA) is 407 Å². The SMILES string of the molecule is C1CCNCC1.NC(=O)c1cnc(Cl)cc1NC1(c2ccccc2)CC1.NC(=O)c1cnc(Nc2cccc(N3CCCCC3)c2)cc1NC1(c2ccccc2)CC1.NC(=O)c1cnc(Nc2cccc(N3CCNCC3)c2)cc1NC1(c2ccccc2)CC1.Nc1cccc(N2CCCCC2)c1.Nc1cccc(N2CCCCC2)c1.O=[N+]([O-])c1cccc(F)c1.O=[N+]([O-])c1cccc(N2CCCCC2)c1. The number of benzene rings is 9. The number of halogens is 2. The van der Waals surface area contributed by atoms with Gasteiger partial charge in [-0.05, 0) is 249 Å². The summed E-state index contributed by atoms with van der Waals surface area (Å²) < 4.78 is 12.2. The van der Waals surface area contributed by atoms with E-state index in [2.05, 4.69) is 168 Å². The molecule has 0 spiro atoms. The lowest BCUT2D eigenvalue weighted by molar-refractivity contribution is -0.385. The van der Waals surface area contributed by atoms with Crippen LogP contribution in [-0.2, 0) is 16.6 Å². The Morgan fingerprint density at radius 2 is 0.645 bits per heavy atom. The lowest BCUT2D eigenvalue weighted by atomic mass is 10.0. The molecular formula is C110H132ClFN22O7. The molecule has 0 bridgehead atoms. The van der Waals surface area contributed by atoms with Gasteiger partial charge in [0.05, 0.1) is 66.3 Å². The Bertz CT molecular complexity index is 5820. The highest BCUT2D eigenvalue weighted by Gasteiger charge is 2.47. The van der Waals surface area contributed by atoms with Gasteiger partial charge < -0.3 is 90.4 Å². The molecule has 3 saturated carbocycles. The number of nitro benzene ring substituents is 2. The van der Waals surface area contributed by atoms with E-state index < -0.39 is 28.5 Å². The number of carbonyl (C=O) groups excluding carboxylic acids is 3. The molecule has 17 N–H and O–H groups in total. The smallest absolute Gasteiger partial charge is 0.272 e. The van der Waals surface area contributed by atoms with E-state index in [0.29, 0.717) is 50.5 Å². The van der Waals surface area contributed by atoms with Crippen LogP contribution in [0.2, 0.25) is 5.15 Å². The van der Waals surface area contributed by atoms with E-state index in [9.17, 15) is 39.0 Å². The third-order valence-corrected chi connectivity index (χ3v) is 26.6. The summed E-state index contributed by atoms with van der Waals surface area (Å²) in [7, 11) is 0. The van der Waals surface area contributed by atoms with Gasteiger partial charge >= 0.3 is 0 Å². The number of nitrogens with zero attached hydrogens (tertiary/aromatic N) is 10. The molecule has 3 amide bonds. The Labute approximate surface area is 830 Å². The van der Waals surface area contributed by atoms with E-state index in [0.717, 1.165) is 131 Å². The maximum atomic E-state index is 12.2. The fraction of sp³-hybridized carbons (Fsp3) is 0.345. The van der Waals surface area contributed by atoms with Crippen molar-refractivity contribution < 1.29 is 28.6 Å². The third kappa shape index (κ3) is 30.4. The predicted molar refractivity (Wildman–Crippen MR) is 570 cm³/mol. The molecule has 0 atom stereocenters. The highest BCUT2D eigenvalue weighted by Crippen LogP contribution is 2.52.